The lowest BCUT2D eigenvalue weighted by Crippen LogP contribution is -2.24. The van der Waals surface area contributed by atoms with Gasteiger partial charge in [0.25, 0.3) is 5.91 Å². The van der Waals surface area contributed by atoms with Gasteiger partial charge in [-0.3, -0.25) is 4.79 Å². The van der Waals surface area contributed by atoms with E-state index < -0.39 is 15.9 Å². The number of aromatic nitrogens is 3. The van der Waals surface area contributed by atoms with Crippen molar-refractivity contribution in [3.05, 3.63) is 76.3 Å². The number of carbonyl (C=O) groups is 1. The van der Waals surface area contributed by atoms with Crippen molar-refractivity contribution in [1.82, 2.24) is 20.1 Å². The minimum Gasteiger partial charge on any atom is -0.348 e. The lowest BCUT2D eigenvalue weighted by atomic mass is 10.1. The van der Waals surface area contributed by atoms with Gasteiger partial charge in [-0.1, -0.05) is 24.3 Å². The normalized spacial score (nSPS) is 11.3. The fraction of sp³-hybridized carbons (Fsp3) is 0.118. The first kappa shape index (κ1) is 19.2. The molecular weight excluding hydrogens is 434 g/mol. The number of benzene rings is 2. The first-order valence-electron chi connectivity index (χ1n) is 7.84. The van der Waals surface area contributed by atoms with Gasteiger partial charge in [-0.2, -0.15) is 5.10 Å². The molecule has 27 heavy (non-hydrogen) atoms. The van der Waals surface area contributed by atoms with Gasteiger partial charge in [-0.25, -0.2) is 23.2 Å². The molecule has 8 nitrogen and oxygen atoms in total. The van der Waals surface area contributed by atoms with Crippen LogP contribution in [0.25, 0.3) is 0 Å². The molecule has 0 aliphatic carbocycles. The van der Waals surface area contributed by atoms with Crippen LogP contribution >= 0.6 is 15.9 Å². The molecule has 140 valence electrons. The smallest absolute Gasteiger partial charge is 0.252 e. The maximum Gasteiger partial charge on any atom is 0.252 e. The van der Waals surface area contributed by atoms with Crippen LogP contribution in [0.15, 0.2) is 64.5 Å². The monoisotopic (exact) mass is 449 g/mol. The molecular formula is C17H16BrN5O3S. The van der Waals surface area contributed by atoms with Crippen LogP contribution in [-0.2, 0) is 23.1 Å². The summed E-state index contributed by atoms with van der Waals surface area (Å²) in [6.45, 7) is 0.911. The molecule has 3 rings (SSSR count). The maximum absolute atomic E-state index is 12.4. The summed E-state index contributed by atoms with van der Waals surface area (Å²) in [5, 5.41) is 11.9. The quantitative estimate of drug-likeness (QED) is 0.592. The highest BCUT2D eigenvalue weighted by Crippen LogP contribution is 2.20. The Morgan fingerprint density at radius 1 is 1.15 bits per heavy atom. The van der Waals surface area contributed by atoms with E-state index in [2.05, 4.69) is 31.3 Å². The predicted octanol–water partition coefficient (Wildman–Crippen LogP) is 1.67. The van der Waals surface area contributed by atoms with Crippen LogP contribution in [0.3, 0.4) is 0 Å². The van der Waals surface area contributed by atoms with Crippen molar-refractivity contribution in [2.24, 2.45) is 5.14 Å². The third kappa shape index (κ3) is 5.00. The Bertz CT molecular complexity index is 1050. The predicted molar refractivity (Wildman–Crippen MR) is 102 cm³/mol. The number of nitrogens with two attached hydrogens (primary N) is 1. The number of hydrogen-bond donors (Lipinski definition) is 2. The van der Waals surface area contributed by atoms with E-state index in [1.54, 1.807) is 11.0 Å². The SMILES string of the molecule is NS(=O)(=O)c1ccc(Br)c(C(=O)NCc2ccc(Cn3cncn3)cc2)c1. The summed E-state index contributed by atoms with van der Waals surface area (Å²) in [7, 11) is -3.88. The molecule has 1 amide bonds. The summed E-state index contributed by atoms with van der Waals surface area (Å²) >= 11 is 3.25. The van der Waals surface area contributed by atoms with E-state index in [0.29, 0.717) is 17.6 Å². The minimum atomic E-state index is -3.88. The fourth-order valence-electron chi connectivity index (χ4n) is 2.40. The number of carbonyl (C=O) groups excluding carboxylic acids is 1. The molecule has 0 saturated heterocycles. The zero-order chi connectivity index (χ0) is 19.4. The first-order valence-corrected chi connectivity index (χ1v) is 10.2. The maximum atomic E-state index is 12.4. The average Bonchev–Trinajstić information content (AvgIpc) is 3.13. The lowest BCUT2D eigenvalue weighted by Gasteiger charge is -2.09. The Morgan fingerprint density at radius 3 is 2.48 bits per heavy atom. The summed E-state index contributed by atoms with van der Waals surface area (Å²) in [5.41, 5.74) is 2.16. The van der Waals surface area contributed by atoms with Crippen molar-refractivity contribution in [3.8, 4) is 0 Å². The molecule has 3 N–H and O–H groups in total. The van der Waals surface area contributed by atoms with E-state index in [1.807, 2.05) is 24.3 Å². The number of rotatable bonds is 6. The van der Waals surface area contributed by atoms with Crippen molar-refractivity contribution in [1.29, 1.82) is 0 Å². The zero-order valence-electron chi connectivity index (χ0n) is 14.0. The molecule has 0 spiro atoms. The number of halogens is 1. The van der Waals surface area contributed by atoms with Crippen molar-refractivity contribution in [2.75, 3.05) is 0 Å². The third-order valence-electron chi connectivity index (χ3n) is 3.80. The number of nitrogens with one attached hydrogen (secondary N) is 1. The van der Waals surface area contributed by atoms with Gasteiger partial charge in [0, 0.05) is 11.0 Å². The molecule has 0 bridgehead atoms. The Kier molecular flexibility index (Phi) is 5.68. The third-order valence-corrected chi connectivity index (χ3v) is 5.40. The summed E-state index contributed by atoms with van der Waals surface area (Å²) in [4.78, 5) is 16.2. The molecule has 0 aliphatic heterocycles. The van der Waals surface area contributed by atoms with Crippen LogP contribution in [0.4, 0.5) is 0 Å². The molecule has 0 unspecified atom stereocenters. The second kappa shape index (κ2) is 7.99. The van der Waals surface area contributed by atoms with Gasteiger partial charge in [0.2, 0.25) is 10.0 Å². The number of hydrogen-bond acceptors (Lipinski definition) is 5. The Balaban J connectivity index is 1.65. The molecule has 1 heterocycles. The average molecular weight is 450 g/mol. The van der Waals surface area contributed by atoms with Crippen molar-refractivity contribution in [2.45, 2.75) is 18.0 Å². The molecule has 0 radical (unpaired) electrons. The first-order chi connectivity index (χ1) is 12.8. The van der Waals surface area contributed by atoms with Gasteiger partial charge >= 0.3 is 0 Å². The number of nitrogens with zero attached hydrogens (tertiary/aromatic N) is 3. The highest BCUT2D eigenvalue weighted by Gasteiger charge is 2.15. The van der Waals surface area contributed by atoms with E-state index in [-0.39, 0.29) is 10.5 Å². The van der Waals surface area contributed by atoms with Crippen LogP contribution in [0.2, 0.25) is 0 Å². The van der Waals surface area contributed by atoms with E-state index in [9.17, 15) is 13.2 Å². The zero-order valence-corrected chi connectivity index (χ0v) is 16.4. The van der Waals surface area contributed by atoms with Gasteiger partial charge in [-0.05, 0) is 45.3 Å². The molecule has 3 aromatic rings. The summed E-state index contributed by atoms with van der Waals surface area (Å²) in [6, 6.07) is 11.8. The van der Waals surface area contributed by atoms with Crippen molar-refractivity contribution >= 4 is 31.9 Å². The van der Waals surface area contributed by atoms with Crippen molar-refractivity contribution in [3.63, 3.8) is 0 Å². The molecule has 1 aromatic heterocycles. The van der Waals surface area contributed by atoms with Crippen LogP contribution in [0, 0.1) is 0 Å². The largest absolute Gasteiger partial charge is 0.348 e. The van der Waals surface area contributed by atoms with Gasteiger partial charge in [0.05, 0.1) is 17.0 Å². The fourth-order valence-corrected chi connectivity index (χ4v) is 3.36. The highest BCUT2D eigenvalue weighted by atomic mass is 79.9. The van der Waals surface area contributed by atoms with Crippen molar-refractivity contribution < 1.29 is 13.2 Å². The van der Waals surface area contributed by atoms with Gasteiger partial charge in [-0.15, -0.1) is 0 Å². The van der Waals surface area contributed by atoms with Gasteiger partial charge in [0.15, 0.2) is 0 Å². The molecule has 0 saturated carbocycles. The Hall–Kier alpha value is -2.56. The number of amides is 1. The van der Waals surface area contributed by atoms with E-state index in [4.69, 9.17) is 5.14 Å². The second-order valence-electron chi connectivity index (χ2n) is 5.78. The number of sulfonamides is 1. The molecule has 10 heteroatoms. The number of primary sulfonamides is 1. The molecule has 0 fully saturated rings. The Labute approximate surface area is 164 Å². The summed E-state index contributed by atoms with van der Waals surface area (Å²) in [5.74, 6) is -0.404. The van der Waals surface area contributed by atoms with Gasteiger partial charge < -0.3 is 5.32 Å². The van der Waals surface area contributed by atoms with Crippen LogP contribution in [0.5, 0.6) is 0 Å². The van der Waals surface area contributed by atoms with E-state index >= 15 is 0 Å². The van der Waals surface area contributed by atoms with Crippen LogP contribution in [-0.4, -0.2) is 29.1 Å². The topological polar surface area (TPSA) is 120 Å². The highest BCUT2D eigenvalue weighted by molar-refractivity contribution is 9.10. The Morgan fingerprint density at radius 2 is 1.85 bits per heavy atom. The standard InChI is InChI=1S/C17H16BrN5O3S/c18-16-6-5-14(27(19,25)26)7-15(16)17(24)21-8-12-1-3-13(4-2-12)9-23-11-20-10-22-23/h1-7,10-11H,8-9H2,(H,21,24)(H2,19,25,26). The molecule has 2 aromatic carbocycles. The van der Waals surface area contributed by atoms with Crippen LogP contribution < -0.4 is 10.5 Å². The second-order valence-corrected chi connectivity index (χ2v) is 8.19. The van der Waals surface area contributed by atoms with Gasteiger partial charge in [0.1, 0.15) is 12.7 Å². The van der Waals surface area contributed by atoms with Crippen LogP contribution in [0.1, 0.15) is 21.5 Å². The summed E-state index contributed by atoms with van der Waals surface area (Å²) in [6.07, 6.45) is 3.12. The lowest BCUT2D eigenvalue weighted by molar-refractivity contribution is 0.0950. The van der Waals surface area contributed by atoms with E-state index in [0.717, 1.165) is 11.1 Å². The molecule has 0 aliphatic rings. The summed E-state index contributed by atoms with van der Waals surface area (Å²) < 4.78 is 25.1. The van der Waals surface area contributed by atoms with E-state index in [1.165, 1.54) is 24.5 Å². The minimum absolute atomic E-state index is 0.117. The molecule has 0 atom stereocenters.